The summed E-state index contributed by atoms with van der Waals surface area (Å²) < 4.78 is 0. The summed E-state index contributed by atoms with van der Waals surface area (Å²) in [5.74, 6) is 0. The van der Waals surface area contributed by atoms with E-state index in [9.17, 15) is 0 Å². The molecule has 10 heavy (non-hydrogen) atoms. The topological polar surface area (TPSA) is 0 Å². The fraction of sp³-hybridized carbons (Fsp3) is 0.250. The van der Waals surface area contributed by atoms with Gasteiger partial charge in [0, 0.05) is 37.6 Å². The second-order valence-corrected chi connectivity index (χ2v) is 2.90. The molecule has 0 atom stereocenters. The standard InChI is InChI=1S/C8H10S.Y/c1-7-3-5-8(9-2)6-4-7;/h3-6H,1-2H3;. The van der Waals surface area contributed by atoms with E-state index in [0.717, 1.165) is 0 Å². The fourth-order valence-electron chi connectivity index (χ4n) is 0.674. The zero-order valence-corrected chi connectivity index (χ0v) is 9.95. The van der Waals surface area contributed by atoms with E-state index in [2.05, 4.69) is 37.4 Å². The average Bonchev–Trinajstić information content (AvgIpc) is 1.90. The molecule has 0 heterocycles. The normalized spacial score (nSPS) is 8.60. The molecule has 1 aromatic carbocycles. The summed E-state index contributed by atoms with van der Waals surface area (Å²) >= 11 is 1.78. The second-order valence-electron chi connectivity index (χ2n) is 2.02. The van der Waals surface area contributed by atoms with Gasteiger partial charge in [-0.2, -0.15) is 0 Å². The molecular formula is C8H10SY. The van der Waals surface area contributed by atoms with Crippen molar-refractivity contribution in [1.82, 2.24) is 0 Å². The molecule has 0 saturated carbocycles. The Morgan fingerprint density at radius 3 is 2.00 bits per heavy atom. The fourth-order valence-corrected chi connectivity index (χ4v) is 1.08. The third kappa shape index (κ3) is 3.18. The zero-order valence-electron chi connectivity index (χ0n) is 6.29. The van der Waals surface area contributed by atoms with Crippen LogP contribution < -0.4 is 0 Å². The van der Waals surface area contributed by atoms with Crippen molar-refractivity contribution >= 4 is 11.8 Å². The minimum Gasteiger partial charge on any atom is -0.130 e. The molecule has 0 aliphatic heterocycles. The summed E-state index contributed by atoms with van der Waals surface area (Å²) in [5.41, 5.74) is 1.33. The molecule has 0 aliphatic rings. The van der Waals surface area contributed by atoms with Gasteiger partial charge in [0.1, 0.15) is 0 Å². The molecule has 0 bridgehead atoms. The van der Waals surface area contributed by atoms with Gasteiger partial charge in [0.05, 0.1) is 0 Å². The Balaban J connectivity index is 0.000000810. The van der Waals surface area contributed by atoms with E-state index in [-0.39, 0.29) is 32.7 Å². The first-order valence-corrected chi connectivity index (χ1v) is 4.16. The van der Waals surface area contributed by atoms with Crippen molar-refractivity contribution in [3.63, 3.8) is 0 Å². The van der Waals surface area contributed by atoms with Gasteiger partial charge < -0.3 is 0 Å². The van der Waals surface area contributed by atoms with Gasteiger partial charge in [-0.1, -0.05) is 17.7 Å². The third-order valence-electron chi connectivity index (χ3n) is 1.26. The molecular weight excluding hydrogens is 217 g/mol. The van der Waals surface area contributed by atoms with Crippen molar-refractivity contribution in [2.75, 3.05) is 6.26 Å². The van der Waals surface area contributed by atoms with Gasteiger partial charge >= 0.3 is 0 Å². The summed E-state index contributed by atoms with van der Waals surface area (Å²) in [7, 11) is 0. The van der Waals surface area contributed by atoms with Crippen LogP contribution >= 0.6 is 11.8 Å². The van der Waals surface area contributed by atoms with Gasteiger partial charge in [-0.25, -0.2) is 0 Å². The Morgan fingerprint density at radius 2 is 1.60 bits per heavy atom. The van der Waals surface area contributed by atoms with Gasteiger partial charge in [0.2, 0.25) is 0 Å². The first-order chi connectivity index (χ1) is 4.33. The average molecular weight is 227 g/mol. The minimum atomic E-state index is 0. The smallest absolute Gasteiger partial charge is 0.00693 e. The quantitative estimate of drug-likeness (QED) is 0.665. The molecule has 0 nitrogen and oxygen atoms in total. The third-order valence-corrected chi connectivity index (χ3v) is 2.00. The van der Waals surface area contributed by atoms with Crippen LogP contribution in [0.25, 0.3) is 0 Å². The molecule has 0 fully saturated rings. The maximum absolute atomic E-state index is 2.14. The maximum Gasteiger partial charge on any atom is 0.00693 e. The first-order valence-electron chi connectivity index (χ1n) is 2.93. The van der Waals surface area contributed by atoms with Gasteiger partial charge in [-0.05, 0) is 25.3 Å². The van der Waals surface area contributed by atoms with E-state index >= 15 is 0 Å². The van der Waals surface area contributed by atoms with Crippen LogP contribution in [0.1, 0.15) is 5.56 Å². The monoisotopic (exact) mass is 227 g/mol. The Bertz CT molecular complexity index is 181. The second kappa shape index (κ2) is 5.34. The van der Waals surface area contributed by atoms with E-state index in [1.807, 2.05) is 0 Å². The molecule has 0 N–H and O–H groups in total. The number of thioether (sulfide) groups is 1. The Hall–Kier alpha value is 0.674. The van der Waals surface area contributed by atoms with E-state index in [1.165, 1.54) is 10.5 Å². The number of benzene rings is 1. The van der Waals surface area contributed by atoms with Crippen molar-refractivity contribution < 1.29 is 32.7 Å². The molecule has 0 spiro atoms. The van der Waals surface area contributed by atoms with Crippen LogP contribution in [0.4, 0.5) is 0 Å². The molecule has 1 radical (unpaired) electrons. The number of aryl methyl sites for hydroxylation is 1. The summed E-state index contributed by atoms with van der Waals surface area (Å²) in [4.78, 5) is 1.33. The van der Waals surface area contributed by atoms with Crippen molar-refractivity contribution in [2.45, 2.75) is 11.8 Å². The zero-order chi connectivity index (χ0) is 6.69. The maximum atomic E-state index is 2.14. The van der Waals surface area contributed by atoms with Crippen molar-refractivity contribution in [1.29, 1.82) is 0 Å². The molecule has 0 saturated heterocycles. The Morgan fingerprint density at radius 1 is 1.10 bits per heavy atom. The molecule has 0 unspecified atom stereocenters. The summed E-state index contributed by atoms with van der Waals surface area (Å²) in [5, 5.41) is 0. The number of hydrogen-bond acceptors (Lipinski definition) is 1. The summed E-state index contributed by atoms with van der Waals surface area (Å²) in [6.07, 6.45) is 2.09. The van der Waals surface area contributed by atoms with E-state index in [4.69, 9.17) is 0 Å². The van der Waals surface area contributed by atoms with Crippen LogP contribution in [0.15, 0.2) is 29.2 Å². The predicted octanol–water partition coefficient (Wildman–Crippen LogP) is 2.71. The van der Waals surface area contributed by atoms with Crippen molar-refractivity contribution in [3.05, 3.63) is 29.8 Å². The van der Waals surface area contributed by atoms with E-state index < -0.39 is 0 Å². The van der Waals surface area contributed by atoms with E-state index in [1.54, 1.807) is 11.8 Å². The molecule has 1 rings (SSSR count). The largest absolute Gasteiger partial charge is 0.130 e. The number of hydrogen-bond donors (Lipinski definition) is 0. The molecule has 0 aromatic heterocycles. The molecule has 0 aliphatic carbocycles. The van der Waals surface area contributed by atoms with Crippen molar-refractivity contribution in [2.24, 2.45) is 0 Å². The minimum absolute atomic E-state index is 0. The van der Waals surface area contributed by atoms with E-state index in [0.29, 0.717) is 0 Å². The van der Waals surface area contributed by atoms with Crippen LogP contribution in [-0.2, 0) is 32.7 Å². The molecule has 51 valence electrons. The molecule has 2 heteroatoms. The summed E-state index contributed by atoms with van der Waals surface area (Å²) in [6.45, 7) is 2.10. The summed E-state index contributed by atoms with van der Waals surface area (Å²) in [6, 6.07) is 8.54. The molecule has 1 aromatic rings. The van der Waals surface area contributed by atoms with Crippen LogP contribution in [0, 0.1) is 6.92 Å². The van der Waals surface area contributed by atoms with Crippen LogP contribution in [0.3, 0.4) is 0 Å². The van der Waals surface area contributed by atoms with Gasteiger partial charge in [0.25, 0.3) is 0 Å². The van der Waals surface area contributed by atoms with Gasteiger partial charge in [-0.15, -0.1) is 11.8 Å². The van der Waals surface area contributed by atoms with Gasteiger partial charge in [-0.3, -0.25) is 0 Å². The Kier molecular flexibility index (Phi) is 5.70. The SMILES string of the molecule is CSc1ccc(C)cc1.[Y]. The van der Waals surface area contributed by atoms with Crippen LogP contribution in [0.5, 0.6) is 0 Å². The predicted molar refractivity (Wildman–Crippen MR) is 43.0 cm³/mol. The van der Waals surface area contributed by atoms with Crippen LogP contribution in [-0.4, -0.2) is 6.26 Å². The molecule has 0 amide bonds. The first kappa shape index (κ1) is 10.7. The van der Waals surface area contributed by atoms with Crippen LogP contribution in [0.2, 0.25) is 0 Å². The number of rotatable bonds is 1. The van der Waals surface area contributed by atoms with Gasteiger partial charge in [0.15, 0.2) is 0 Å². The Labute approximate surface area is 91.7 Å². The van der Waals surface area contributed by atoms with Crippen molar-refractivity contribution in [3.8, 4) is 0 Å².